The van der Waals surface area contributed by atoms with E-state index in [0.717, 1.165) is 37.7 Å². The lowest BCUT2D eigenvalue weighted by atomic mass is 9.88. The predicted octanol–water partition coefficient (Wildman–Crippen LogP) is 4.40. The molecule has 0 radical (unpaired) electrons. The van der Waals surface area contributed by atoms with Gasteiger partial charge in [0.05, 0.1) is 3.58 Å². The summed E-state index contributed by atoms with van der Waals surface area (Å²) >= 11 is 4.30. The summed E-state index contributed by atoms with van der Waals surface area (Å²) in [7, 11) is 0. The average Bonchev–Trinajstić information content (AvgIpc) is 2.56. The Morgan fingerprint density at radius 2 is 2.04 bits per heavy atom. The second kappa shape index (κ2) is 9.97. The van der Waals surface area contributed by atoms with Gasteiger partial charge in [0.1, 0.15) is 5.76 Å². The van der Waals surface area contributed by atoms with Crippen molar-refractivity contribution >= 4 is 51.2 Å². The van der Waals surface area contributed by atoms with Crippen molar-refractivity contribution in [1.29, 1.82) is 0 Å². The van der Waals surface area contributed by atoms with Gasteiger partial charge in [-0.25, -0.2) is 4.79 Å². The molecule has 0 spiro atoms. The smallest absolute Gasteiger partial charge is 0.341 e. The first-order valence-corrected chi connectivity index (χ1v) is 10.7. The first-order valence-electron chi connectivity index (χ1n) is 8.55. The van der Waals surface area contributed by atoms with Crippen LogP contribution in [0.3, 0.4) is 0 Å². The van der Waals surface area contributed by atoms with Crippen LogP contribution in [0.25, 0.3) is 0 Å². The largest absolute Gasteiger partial charge is 0.504 e. The van der Waals surface area contributed by atoms with E-state index in [0.29, 0.717) is 5.76 Å². The zero-order valence-corrected chi connectivity index (χ0v) is 19.4. The number of nitrogens with one attached hydrogen (secondary N) is 1. The molecular formula is C19H23I2NO5. The number of hydrogen-bond acceptors (Lipinski definition) is 5. The standard InChI is InChI=1S/C19H23I2NO5/c1-10(5-14(21)19(11(2)20)27-9-18(25)26)6-15-13-8-17(24)16(23)7-12(13)3-4-22-15/h5,7-8,10,15,22-24H,3-4,6,9H2,1-2H3,(H,25,26)/b14-5+,19-11-. The molecule has 0 fully saturated rings. The van der Waals surface area contributed by atoms with Gasteiger partial charge in [-0.05, 0) is 101 Å². The van der Waals surface area contributed by atoms with E-state index in [4.69, 9.17) is 9.84 Å². The van der Waals surface area contributed by atoms with Crippen molar-refractivity contribution in [3.8, 4) is 11.5 Å². The lowest BCUT2D eigenvalue weighted by Crippen LogP contribution is -2.30. The van der Waals surface area contributed by atoms with Crippen LogP contribution in [0.5, 0.6) is 11.5 Å². The lowest BCUT2D eigenvalue weighted by Gasteiger charge is -2.29. The second-order valence-electron chi connectivity index (χ2n) is 6.57. The van der Waals surface area contributed by atoms with Gasteiger partial charge in [-0.15, -0.1) is 0 Å². The molecule has 1 aliphatic heterocycles. The fraction of sp³-hybridized carbons (Fsp3) is 0.421. The molecule has 8 heteroatoms. The summed E-state index contributed by atoms with van der Waals surface area (Å²) in [4.78, 5) is 10.8. The van der Waals surface area contributed by atoms with E-state index >= 15 is 0 Å². The molecule has 1 aliphatic rings. The van der Waals surface area contributed by atoms with Crippen LogP contribution < -0.4 is 5.32 Å². The Labute approximate surface area is 186 Å². The van der Waals surface area contributed by atoms with E-state index < -0.39 is 5.97 Å². The van der Waals surface area contributed by atoms with Crippen LogP contribution >= 0.6 is 45.2 Å². The Hall–Kier alpha value is -1.01. The number of halogens is 2. The van der Waals surface area contributed by atoms with Gasteiger partial charge in [0, 0.05) is 9.62 Å². The molecule has 148 valence electrons. The molecule has 0 bridgehead atoms. The summed E-state index contributed by atoms with van der Waals surface area (Å²) in [6, 6.07) is 3.35. The molecule has 0 saturated heterocycles. The predicted molar refractivity (Wildman–Crippen MR) is 120 cm³/mol. The number of rotatable bonds is 7. The molecule has 0 saturated carbocycles. The normalized spacial score (nSPS) is 19.1. The van der Waals surface area contributed by atoms with E-state index in [9.17, 15) is 15.0 Å². The van der Waals surface area contributed by atoms with Gasteiger partial charge >= 0.3 is 5.97 Å². The minimum atomic E-state index is -1.01. The Morgan fingerprint density at radius 3 is 2.67 bits per heavy atom. The number of fused-ring (bicyclic) bond motifs is 1. The number of phenols is 2. The third-order valence-corrected chi connectivity index (χ3v) is 5.64. The number of aromatic hydroxyl groups is 2. The maximum Gasteiger partial charge on any atom is 0.341 e. The van der Waals surface area contributed by atoms with Gasteiger partial charge < -0.3 is 25.4 Å². The van der Waals surface area contributed by atoms with Crippen LogP contribution in [-0.2, 0) is 16.0 Å². The second-order valence-corrected chi connectivity index (χ2v) is 9.35. The van der Waals surface area contributed by atoms with Crippen LogP contribution in [0.2, 0.25) is 0 Å². The summed E-state index contributed by atoms with van der Waals surface area (Å²) in [5.41, 5.74) is 2.06. The van der Waals surface area contributed by atoms with Crippen LogP contribution in [0.15, 0.2) is 31.1 Å². The number of carbonyl (C=O) groups is 1. The van der Waals surface area contributed by atoms with Crippen LogP contribution in [0, 0.1) is 5.92 Å². The molecule has 2 atom stereocenters. The molecule has 2 unspecified atom stereocenters. The highest BCUT2D eigenvalue weighted by Gasteiger charge is 2.23. The summed E-state index contributed by atoms with van der Waals surface area (Å²) in [5, 5.41) is 31.9. The van der Waals surface area contributed by atoms with Crippen molar-refractivity contribution in [2.75, 3.05) is 13.2 Å². The van der Waals surface area contributed by atoms with E-state index in [-0.39, 0.29) is 30.1 Å². The van der Waals surface area contributed by atoms with Crippen LogP contribution in [0.1, 0.15) is 37.4 Å². The monoisotopic (exact) mass is 599 g/mol. The first-order chi connectivity index (χ1) is 12.7. The number of phenolic OH excluding ortho intramolecular Hbond substituents is 2. The molecule has 4 N–H and O–H groups in total. The third kappa shape index (κ3) is 6.24. The highest BCUT2D eigenvalue weighted by Crippen LogP contribution is 2.36. The van der Waals surface area contributed by atoms with Gasteiger partial charge in [-0.2, -0.15) is 0 Å². The summed E-state index contributed by atoms with van der Waals surface area (Å²) in [5.74, 6) is -0.415. The fourth-order valence-electron chi connectivity index (χ4n) is 3.11. The Bertz CT molecular complexity index is 772. The van der Waals surface area contributed by atoms with Crippen molar-refractivity contribution in [2.24, 2.45) is 5.92 Å². The lowest BCUT2D eigenvalue weighted by molar-refractivity contribution is -0.140. The number of carboxylic acid groups (broad SMARTS) is 1. The summed E-state index contributed by atoms with van der Waals surface area (Å²) in [6.07, 6.45) is 3.68. The number of carboxylic acids is 1. The van der Waals surface area contributed by atoms with Crippen molar-refractivity contribution in [3.05, 3.63) is 42.3 Å². The van der Waals surface area contributed by atoms with Crippen molar-refractivity contribution in [3.63, 3.8) is 0 Å². The quantitative estimate of drug-likeness (QED) is 0.161. The zero-order chi connectivity index (χ0) is 20.1. The maximum atomic E-state index is 10.8. The Balaban J connectivity index is 2.14. The van der Waals surface area contributed by atoms with E-state index in [1.165, 1.54) is 0 Å². The fourth-order valence-corrected chi connectivity index (χ4v) is 5.25. The number of aliphatic carboxylic acids is 1. The van der Waals surface area contributed by atoms with Gasteiger partial charge in [-0.1, -0.05) is 13.0 Å². The highest BCUT2D eigenvalue weighted by atomic mass is 127. The molecule has 27 heavy (non-hydrogen) atoms. The Kier molecular flexibility index (Phi) is 8.22. The van der Waals surface area contributed by atoms with Crippen molar-refractivity contribution in [1.82, 2.24) is 5.32 Å². The number of allylic oxidation sites excluding steroid dienone is 3. The molecule has 0 aromatic heterocycles. The molecular weight excluding hydrogens is 576 g/mol. The molecule has 6 nitrogen and oxygen atoms in total. The van der Waals surface area contributed by atoms with Gasteiger partial charge in [0.15, 0.2) is 18.1 Å². The minimum absolute atomic E-state index is 0.0729. The van der Waals surface area contributed by atoms with Gasteiger partial charge in [0.2, 0.25) is 0 Å². The SMILES string of the molecule is C/C(I)=C(OCC(=O)O)\C(I)=C/C(C)CC1NCCc2cc(O)c(O)cc21. The zero-order valence-electron chi connectivity index (χ0n) is 15.1. The Morgan fingerprint density at radius 1 is 1.37 bits per heavy atom. The molecule has 1 aromatic rings. The average molecular weight is 599 g/mol. The maximum absolute atomic E-state index is 10.8. The number of ether oxygens (including phenoxy) is 1. The highest BCUT2D eigenvalue weighted by molar-refractivity contribution is 14.1. The minimum Gasteiger partial charge on any atom is -0.504 e. The molecule has 1 heterocycles. The topological polar surface area (TPSA) is 99.0 Å². The summed E-state index contributed by atoms with van der Waals surface area (Å²) in [6.45, 7) is 4.41. The molecule has 1 aromatic carbocycles. The first kappa shape index (κ1) is 22.3. The molecule has 0 amide bonds. The third-order valence-electron chi connectivity index (χ3n) is 4.30. The summed E-state index contributed by atoms with van der Waals surface area (Å²) < 4.78 is 7.19. The molecule has 2 rings (SSSR count). The van der Waals surface area contributed by atoms with Crippen molar-refractivity contribution < 1.29 is 24.9 Å². The number of benzene rings is 1. The number of hydrogen-bond donors (Lipinski definition) is 4. The van der Waals surface area contributed by atoms with Gasteiger partial charge in [-0.3, -0.25) is 0 Å². The van der Waals surface area contributed by atoms with Gasteiger partial charge in [0.25, 0.3) is 0 Å². The van der Waals surface area contributed by atoms with Crippen molar-refractivity contribution in [2.45, 2.75) is 32.7 Å². The van der Waals surface area contributed by atoms with E-state index in [1.54, 1.807) is 12.1 Å². The van der Waals surface area contributed by atoms with E-state index in [2.05, 4.69) is 63.5 Å². The van der Waals surface area contributed by atoms with Crippen LogP contribution in [0.4, 0.5) is 0 Å². The molecule has 0 aliphatic carbocycles. The van der Waals surface area contributed by atoms with E-state index in [1.807, 2.05) is 6.92 Å². The van der Waals surface area contributed by atoms with Crippen LogP contribution in [-0.4, -0.2) is 34.4 Å².